The van der Waals surface area contributed by atoms with Crippen molar-refractivity contribution in [2.24, 2.45) is 0 Å². The zero-order valence-corrected chi connectivity index (χ0v) is 24.4. The molecule has 45 heavy (non-hydrogen) atoms. The Labute approximate surface area is 259 Å². The lowest BCUT2D eigenvalue weighted by molar-refractivity contribution is 1.13. The molecule has 0 aliphatic carbocycles. The van der Waals surface area contributed by atoms with Crippen LogP contribution < -0.4 is 0 Å². The number of nitrogens with zero attached hydrogens (tertiary/aromatic N) is 3. The van der Waals surface area contributed by atoms with E-state index in [1.807, 2.05) is 0 Å². The van der Waals surface area contributed by atoms with Gasteiger partial charge >= 0.3 is 0 Å². The monoisotopic (exact) mass is 573 g/mol. The normalized spacial score (nSPS) is 12.0. The highest BCUT2D eigenvalue weighted by molar-refractivity contribution is 6.20. The maximum absolute atomic E-state index is 2.47. The molecule has 7 aromatic carbocycles. The SMILES string of the molecule is c1ccc(-n2ccc3cc4c(ccc5c6ccccc6n(-c6ccc7c(c6)c6ccccc6n7-c6ccccc6)c45)cc32)cc1. The third-order valence-corrected chi connectivity index (χ3v) is 9.42. The van der Waals surface area contributed by atoms with Crippen LogP contribution in [0.4, 0.5) is 0 Å². The lowest BCUT2D eigenvalue weighted by atomic mass is 10.0. The Morgan fingerprint density at radius 2 is 0.956 bits per heavy atom. The molecule has 0 aliphatic rings. The molecule has 210 valence electrons. The van der Waals surface area contributed by atoms with Crippen molar-refractivity contribution < 1.29 is 0 Å². The van der Waals surface area contributed by atoms with Gasteiger partial charge in [-0.25, -0.2) is 0 Å². The molecular formula is C42H27N3. The van der Waals surface area contributed by atoms with E-state index in [0.717, 1.165) is 0 Å². The molecule has 0 aliphatic heterocycles. The van der Waals surface area contributed by atoms with Gasteiger partial charge in [-0.3, -0.25) is 0 Å². The quantitative estimate of drug-likeness (QED) is 0.200. The van der Waals surface area contributed by atoms with Crippen LogP contribution in [-0.2, 0) is 0 Å². The molecule has 10 rings (SSSR count). The van der Waals surface area contributed by atoms with Gasteiger partial charge in [-0.2, -0.15) is 0 Å². The van der Waals surface area contributed by atoms with Crippen molar-refractivity contribution in [3.05, 3.63) is 164 Å². The maximum Gasteiger partial charge on any atom is 0.0619 e. The van der Waals surface area contributed by atoms with Gasteiger partial charge in [0.1, 0.15) is 0 Å². The molecule has 0 saturated heterocycles. The summed E-state index contributed by atoms with van der Waals surface area (Å²) in [6.07, 6.45) is 2.18. The highest BCUT2D eigenvalue weighted by Crippen LogP contribution is 2.40. The summed E-state index contributed by atoms with van der Waals surface area (Å²) in [5.74, 6) is 0. The van der Waals surface area contributed by atoms with Crippen molar-refractivity contribution in [3.8, 4) is 17.1 Å². The molecule has 0 N–H and O–H groups in total. The predicted octanol–water partition coefficient (Wildman–Crippen LogP) is 11.0. The fourth-order valence-corrected chi connectivity index (χ4v) is 7.45. The second kappa shape index (κ2) is 9.22. The van der Waals surface area contributed by atoms with Crippen molar-refractivity contribution in [3.63, 3.8) is 0 Å². The molecule has 0 fully saturated rings. The number of fused-ring (bicyclic) bond motifs is 9. The number of benzene rings is 7. The first kappa shape index (κ1) is 24.4. The molecule has 0 amide bonds. The smallest absolute Gasteiger partial charge is 0.0619 e. The molecular weight excluding hydrogens is 546 g/mol. The van der Waals surface area contributed by atoms with Crippen LogP contribution in [-0.4, -0.2) is 13.7 Å². The Kier molecular flexibility index (Phi) is 5.00. The molecule has 3 aromatic heterocycles. The fourth-order valence-electron chi connectivity index (χ4n) is 7.45. The van der Waals surface area contributed by atoms with Crippen LogP contribution in [0.3, 0.4) is 0 Å². The van der Waals surface area contributed by atoms with Gasteiger partial charge in [0.2, 0.25) is 0 Å². The summed E-state index contributed by atoms with van der Waals surface area (Å²) < 4.78 is 7.13. The summed E-state index contributed by atoms with van der Waals surface area (Å²) in [4.78, 5) is 0. The molecule has 0 unspecified atom stereocenters. The van der Waals surface area contributed by atoms with Crippen molar-refractivity contribution in [2.45, 2.75) is 0 Å². The van der Waals surface area contributed by atoms with E-state index in [1.165, 1.54) is 82.3 Å². The molecule has 3 heterocycles. The Morgan fingerprint density at radius 3 is 1.73 bits per heavy atom. The van der Waals surface area contributed by atoms with Crippen molar-refractivity contribution in [1.82, 2.24) is 13.7 Å². The van der Waals surface area contributed by atoms with Crippen LogP contribution in [0, 0.1) is 0 Å². The summed E-state index contributed by atoms with van der Waals surface area (Å²) in [5, 5.41) is 8.77. The Hall–Kier alpha value is -6.06. The number of para-hydroxylation sites is 4. The number of hydrogen-bond donors (Lipinski definition) is 0. The number of aromatic nitrogens is 3. The highest BCUT2D eigenvalue weighted by atomic mass is 15.0. The van der Waals surface area contributed by atoms with Crippen molar-refractivity contribution >= 4 is 65.3 Å². The molecule has 0 radical (unpaired) electrons. The van der Waals surface area contributed by atoms with Gasteiger partial charge in [0.05, 0.1) is 27.6 Å². The minimum atomic E-state index is 1.17. The zero-order chi connectivity index (χ0) is 29.5. The van der Waals surface area contributed by atoms with E-state index in [0.29, 0.717) is 0 Å². The van der Waals surface area contributed by atoms with Gasteiger partial charge in [-0.15, -0.1) is 0 Å². The zero-order valence-electron chi connectivity index (χ0n) is 24.4. The van der Waals surface area contributed by atoms with Crippen LogP contribution in [0.1, 0.15) is 0 Å². The first-order chi connectivity index (χ1) is 22.3. The van der Waals surface area contributed by atoms with Crippen LogP contribution in [0.2, 0.25) is 0 Å². The van der Waals surface area contributed by atoms with Crippen LogP contribution >= 0.6 is 0 Å². The van der Waals surface area contributed by atoms with Gasteiger partial charge in [0.25, 0.3) is 0 Å². The van der Waals surface area contributed by atoms with E-state index in [9.17, 15) is 0 Å². The van der Waals surface area contributed by atoms with Gasteiger partial charge < -0.3 is 13.7 Å². The summed E-state index contributed by atoms with van der Waals surface area (Å²) in [6, 6.07) is 57.3. The number of hydrogen-bond acceptors (Lipinski definition) is 0. The van der Waals surface area contributed by atoms with Crippen molar-refractivity contribution in [2.75, 3.05) is 0 Å². The minimum absolute atomic E-state index is 1.17. The van der Waals surface area contributed by atoms with E-state index in [1.54, 1.807) is 0 Å². The second-order valence-corrected chi connectivity index (χ2v) is 11.9. The fraction of sp³-hybridized carbons (Fsp3) is 0. The van der Waals surface area contributed by atoms with Crippen LogP contribution in [0.5, 0.6) is 0 Å². The summed E-state index contributed by atoms with van der Waals surface area (Å²) in [5.41, 5.74) is 9.61. The number of rotatable bonds is 3. The van der Waals surface area contributed by atoms with E-state index < -0.39 is 0 Å². The highest BCUT2D eigenvalue weighted by Gasteiger charge is 2.18. The molecule has 3 nitrogen and oxygen atoms in total. The minimum Gasteiger partial charge on any atom is -0.317 e. The van der Waals surface area contributed by atoms with Gasteiger partial charge in [-0.1, -0.05) is 84.9 Å². The van der Waals surface area contributed by atoms with E-state index >= 15 is 0 Å². The van der Waals surface area contributed by atoms with Gasteiger partial charge in [-0.05, 0) is 78.2 Å². The Balaban J connectivity index is 1.29. The third-order valence-electron chi connectivity index (χ3n) is 9.42. The van der Waals surface area contributed by atoms with E-state index in [4.69, 9.17) is 0 Å². The summed E-state index contributed by atoms with van der Waals surface area (Å²) in [6.45, 7) is 0. The van der Waals surface area contributed by atoms with Crippen LogP contribution in [0.25, 0.3) is 82.3 Å². The standard InChI is InChI=1S/C42H27N3/c1-3-11-30(12-4-1)43-24-23-29-25-36-28(26-41(29)43)19-21-35-33-15-7-10-18-39(33)45(42(35)36)32-20-22-40-37(27-32)34-16-8-9-17-38(34)44(40)31-13-5-2-6-14-31/h1-27H. The molecule has 10 aromatic rings. The Morgan fingerprint density at radius 1 is 0.311 bits per heavy atom. The average molecular weight is 574 g/mol. The Bertz CT molecular complexity index is 2740. The first-order valence-corrected chi connectivity index (χ1v) is 15.4. The molecule has 0 spiro atoms. The lowest BCUT2D eigenvalue weighted by Crippen LogP contribution is -1.96. The molecule has 0 saturated carbocycles. The average Bonchev–Trinajstić information content (AvgIpc) is 3.78. The summed E-state index contributed by atoms with van der Waals surface area (Å²) >= 11 is 0. The van der Waals surface area contributed by atoms with Gasteiger partial charge in [0.15, 0.2) is 0 Å². The topological polar surface area (TPSA) is 14.8 Å². The largest absolute Gasteiger partial charge is 0.317 e. The van der Waals surface area contributed by atoms with Gasteiger partial charge in [0, 0.05) is 55.6 Å². The van der Waals surface area contributed by atoms with E-state index in [-0.39, 0.29) is 0 Å². The van der Waals surface area contributed by atoms with Crippen molar-refractivity contribution in [1.29, 1.82) is 0 Å². The molecule has 0 bridgehead atoms. The predicted molar refractivity (Wildman–Crippen MR) is 189 cm³/mol. The van der Waals surface area contributed by atoms with E-state index in [2.05, 4.69) is 178 Å². The first-order valence-electron chi connectivity index (χ1n) is 15.4. The third kappa shape index (κ3) is 3.46. The molecule has 3 heteroatoms. The maximum atomic E-state index is 2.47. The molecule has 0 atom stereocenters. The second-order valence-electron chi connectivity index (χ2n) is 11.9. The van der Waals surface area contributed by atoms with Crippen LogP contribution in [0.15, 0.2) is 164 Å². The lowest BCUT2D eigenvalue weighted by Gasteiger charge is -2.12. The summed E-state index contributed by atoms with van der Waals surface area (Å²) in [7, 11) is 0.